The van der Waals surface area contributed by atoms with Crippen LogP contribution in [0.2, 0.25) is 0 Å². The number of nitrogens with one attached hydrogen (secondary N) is 2. The zero-order valence-corrected chi connectivity index (χ0v) is 17.5. The van der Waals surface area contributed by atoms with Crippen molar-refractivity contribution >= 4 is 11.9 Å². The maximum Gasteiger partial charge on any atom is 0.274 e. The molecule has 1 fully saturated rings. The molecule has 2 aliphatic rings. The molecule has 1 aromatic heterocycles. The first kappa shape index (κ1) is 20.8. The minimum absolute atomic E-state index is 0.263. The van der Waals surface area contributed by atoms with Gasteiger partial charge in [0.25, 0.3) is 5.91 Å². The lowest BCUT2D eigenvalue weighted by molar-refractivity contribution is 0.0961. The highest BCUT2D eigenvalue weighted by atomic mass is 16.1. The van der Waals surface area contributed by atoms with Crippen LogP contribution in [-0.4, -0.2) is 60.0 Å². The van der Waals surface area contributed by atoms with Crippen LogP contribution in [0.15, 0.2) is 59.6 Å². The second-order valence-electron chi connectivity index (χ2n) is 7.35. The molecule has 2 aliphatic heterocycles. The zero-order valence-electron chi connectivity index (χ0n) is 17.5. The summed E-state index contributed by atoms with van der Waals surface area (Å²) >= 11 is 0. The van der Waals surface area contributed by atoms with Crippen molar-refractivity contribution in [1.29, 1.82) is 0 Å². The van der Waals surface area contributed by atoms with E-state index in [0.717, 1.165) is 45.0 Å². The molecule has 0 saturated carbocycles. The Morgan fingerprint density at radius 1 is 1.24 bits per heavy atom. The molecule has 0 atom stereocenters. The average Bonchev–Trinajstić information content (AvgIpc) is 3.09. The van der Waals surface area contributed by atoms with Crippen molar-refractivity contribution < 1.29 is 4.79 Å². The van der Waals surface area contributed by atoms with E-state index in [9.17, 15) is 4.79 Å². The lowest BCUT2D eigenvalue weighted by Gasteiger charge is -2.31. The minimum atomic E-state index is -0.263. The smallest absolute Gasteiger partial charge is 0.274 e. The Bertz CT molecular complexity index is 850. The highest BCUT2D eigenvalue weighted by molar-refractivity contribution is 5.94. The van der Waals surface area contributed by atoms with Crippen molar-refractivity contribution in [2.75, 3.05) is 44.2 Å². The van der Waals surface area contributed by atoms with Crippen molar-refractivity contribution in [3.8, 4) is 0 Å². The normalized spacial score (nSPS) is 18.3. The van der Waals surface area contributed by atoms with E-state index < -0.39 is 0 Å². The van der Waals surface area contributed by atoms with E-state index in [1.54, 1.807) is 18.3 Å². The summed E-state index contributed by atoms with van der Waals surface area (Å²) in [5.74, 6) is 0.315. The molecule has 0 aromatic carbocycles. The van der Waals surface area contributed by atoms with E-state index in [1.165, 1.54) is 11.1 Å². The third-order valence-electron chi connectivity index (χ3n) is 5.25. The van der Waals surface area contributed by atoms with E-state index in [0.29, 0.717) is 17.3 Å². The molecular weight excluding hydrogens is 364 g/mol. The third-order valence-corrected chi connectivity index (χ3v) is 5.25. The van der Waals surface area contributed by atoms with Crippen LogP contribution < -0.4 is 15.5 Å². The van der Waals surface area contributed by atoms with Gasteiger partial charge in [0.1, 0.15) is 5.69 Å². The average molecular weight is 395 g/mol. The number of hydrogen-bond acceptors (Lipinski definition) is 6. The van der Waals surface area contributed by atoms with Gasteiger partial charge in [-0.1, -0.05) is 23.8 Å². The Balaban J connectivity index is 1.80. The molecule has 3 rings (SSSR count). The monoisotopic (exact) mass is 394 g/mol. The Labute approximate surface area is 172 Å². The van der Waals surface area contributed by atoms with Crippen molar-refractivity contribution in [2.45, 2.75) is 20.8 Å². The van der Waals surface area contributed by atoms with Gasteiger partial charge in [-0.25, -0.2) is 9.97 Å². The number of allylic oxidation sites excluding steroid dienone is 3. The predicted octanol–water partition coefficient (Wildman–Crippen LogP) is 2.24. The second-order valence-corrected chi connectivity index (χ2v) is 7.35. The van der Waals surface area contributed by atoms with Crippen LogP contribution in [0, 0.1) is 0 Å². The molecule has 1 aromatic rings. The van der Waals surface area contributed by atoms with E-state index in [-0.39, 0.29) is 5.91 Å². The molecule has 7 heteroatoms. The SMILES string of the molecule is C=C/C(NC(=O)c1ccnc(N2CC(C)=C(C)C2)n1)=C(\C=C/C)N1CCNCC1. The summed E-state index contributed by atoms with van der Waals surface area (Å²) in [5, 5.41) is 6.34. The van der Waals surface area contributed by atoms with Gasteiger partial charge in [0, 0.05) is 45.5 Å². The molecule has 0 bridgehead atoms. The van der Waals surface area contributed by atoms with Crippen molar-refractivity contribution in [3.05, 3.63) is 65.3 Å². The van der Waals surface area contributed by atoms with Crippen LogP contribution in [0.1, 0.15) is 31.3 Å². The standard InChI is InChI=1S/C22H30N6O/c1-5-7-20(27-12-10-23-11-13-27)18(6-2)25-21(29)19-8-9-24-22(26-19)28-14-16(3)17(4)15-28/h5-9,23H,2,10-15H2,1,3-4H3,(H,25,29)/b7-5-,20-18-. The van der Waals surface area contributed by atoms with E-state index in [4.69, 9.17) is 0 Å². The highest BCUT2D eigenvalue weighted by Crippen LogP contribution is 2.21. The minimum Gasteiger partial charge on any atom is -0.367 e. The quantitative estimate of drug-likeness (QED) is 0.570. The number of carbonyl (C=O) groups excluding carboxylic acids is 1. The maximum absolute atomic E-state index is 12.9. The van der Waals surface area contributed by atoms with Gasteiger partial charge in [-0.05, 0) is 39.0 Å². The Morgan fingerprint density at radius 2 is 1.93 bits per heavy atom. The second kappa shape index (κ2) is 9.52. The molecule has 0 aliphatic carbocycles. The summed E-state index contributed by atoms with van der Waals surface area (Å²) in [6, 6.07) is 1.64. The maximum atomic E-state index is 12.9. The summed E-state index contributed by atoms with van der Waals surface area (Å²) < 4.78 is 0. The summed E-state index contributed by atoms with van der Waals surface area (Å²) in [6.45, 7) is 15.3. The van der Waals surface area contributed by atoms with E-state index in [2.05, 4.69) is 50.8 Å². The Hall–Kier alpha value is -2.93. The topological polar surface area (TPSA) is 73.4 Å². The van der Waals surface area contributed by atoms with Gasteiger partial charge < -0.3 is 20.4 Å². The molecule has 0 radical (unpaired) electrons. The first-order valence-corrected chi connectivity index (χ1v) is 10.0. The Kier molecular flexibility index (Phi) is 6.82. The molecular formula is C22H30N6O. The lowest BCUT2D eigenvalue weighted by Crippen LogP contribution is -2.43. The zero-order chi connectivity index (χ0) is 20.8. The molecule has 7 nitrogen and oxygen atoms in total. The van der Waals surface area contributed by atoms with Gasteiger partial charge in [0.05, 0.1) is 11.4 Å². The van der Waals surface area contributed by atoms with Crippen molar-refractivity contribution in [1.82, 2.24) is 25.5 Å². The summed E-state index contributed by atoms with van der Waals surface area (Å²) in [6.07, 6.45) is 7.31. The molecule has 0 spiro atoms. The molecule has 0 unspecified atom stereocenters. The van der Waals surface area contributed by atoms with E-state index in [1.807, 2.05) is 19.1 Å². The van der Waals surface area contributed by atoms with Crippen LogP contribution >= 0.6 is 0 Å². The van der Waals surface area contributed by atoms with Gasteiger partial charge in [0.15, 0.2) is 0 Å². The number of nitrogens with zero attached hydrogens (tertiary/aromatic N) is 4. The van der Waals surface area contributed by atoms with Gasteiger partial charge in [-0.3, -0.25) is 4.79 Å². The van der Waals surface area contributed by atoms with Gasteiger partial charge in [-0.2, -0.15) is 0 Å². The first-order valence-electron chi connectivity index (χ1n) is 10.0. The molecule has 1 saturated heterocycles. The van der Waals surface area contributed by atoms with E-state index >= 15 is 0 Å². The summed E-state index contributed by atoms with van der Waals surface area (Å²) in [4.78, 5) is 26.1. The molecule has 154 valence electrons. The van der Waals surface area contributed by atoms with Crippen LogP contribution in [0.25, 0.3) is 0 Å². The summed E-state index contributed by atoms with van der Waals surface area (Å²) in [7, 11) is 0. The fourth-order valence-corrected chi connectivity index (χ4v) is 3.50. The summed E-state index contributed by atoms with van der Waals surface area (Å²) in [5.41, 5.74) is 4.64. The number of rotatable bonds is 6. The van der Waals surface area contributed by atoms with Crippen LogP contribution in [0.3, 0.4) is 0 Å². The van der Waals surface area contributed by atoms with Gasteiger partial charge in [-0.15, -0.1) is 0 Å². The number of anilines is 1. The lowest BCUT2D eigenvalue weighted by atomic mass is 10.2. The number of aromatic nitrogens is 2. The highest BCUT2D eigenvalue weighted by Gasteiger charge is 2.21. The van der Waals surface area contributed by atoms with Crippen molar-refractivity contribution in [2.24, 2.45) is 0 Å². The van der Waals surface area contributed by atoms with Crippen LogP contribution in [-0.2, 0) is 0 Å². The van der Waals surface area contributed by atoms with Crippen molar-refractivity contribution in [3.63, 3.8) is 0 Å². The predicted molar refractivity (Wildman–Crippen MR) is 117 cm³/mol. The van der Waals surface area contributed by atoms with Crippen LogP contribution in [0.4, 0.5) is 5.95 Å². The fraction of sp³-hybridized carbons (Fsp3) is 0.409. The molecule has 29 heavy (non-hydrogen) atoms. The van der Waals surface area contributed by atoms with Gasteiger partial charge >= 0.3 is 0 Å². The molecule has 1 amide bonds. The largest absolute Gasteiger partial charge is 0.367 e. The number of piperazine rings is 1. The number of hydrogen-bond donors (Lipinski definition) is 2. The first-order chi connectivity index (χ1) is 14.0. The number of carbonyl (C=O) groups is 1. The molecule has 3 heterocycles. The molecule has 2 N–H and O–H groups in total. The third kappa shape index (κ3) is 4.92. The fourth-order valence-electron chi connectivity index (χ4n) is 3.50. The Morgan fingerprint density at radius 3 is 2.55 bits per heavy atom. The van der Waals surface area contributed by atoms with Gasteiger partial charge in [0.2, 0.25) is 5.95 Å². The number of amides is 1. The van der Waals surface area contributed by atoms with Crippen LogP contribution in [0.5, 0.6) is 0 Å².